The number of hydroxylamine groups is 1. The van der Waals surface area contributed by atoms with Crippen LogP contribution in [0.4, 0.5) is 0 Å². The first kappa shape index (κ1) is 28.8. The number of hydrogen-bond donors (Lipinski definition) is 4. The van der Waals surface area contributed by atoms with Gasteiger partial charge in [-0.05, 0) is 36.7 Å². The van der Waals surface area contributed by atoms with E-state index in [1.807, 2.05) is 58.0 Å². The van der Waals surface area contributed by atoms with Crippen molar-refractivity contribution in [1.82, 2.24) is 21.2 Å². The molecule has 9 heteroatoms. The van der Waals surface area contributed by atoms with Gasteiger partial charge in [0.25, 0.3) is 11.8 Å². The zero-order valence-corrected chi connectivity index (χ0v) is 20.7. The van der Waals surface area contributed by atoms with Crippen LogP contribution in [-0.4, -0.2) is 46.4 Å². The smallest absolute Gasteiger partial charge is 0.268 e. The summed E-state index contributed by atoms with van der Waals surface area (Å²) in [6.07, 6.45) is 4.68. The Morgan fingerprint density at radius 1 is 1.00 bits per heavy atom. The second kappa shape index (κ2) is 14.8. The Morgan fingerprint density at radius 3 is 2.09 bits per heavy atom. The lowest BCUT2D eigenvalue weighted by atomic mass is 9.88. The van der Waals surface area contributed by atoms with Gasteiger partial charge in [-0.1, -0.05) is 70.2 Å². The molecule has 0 bridgehead atoms. The van der Waals surface area contributed by atoms with Gasteiger partial charge in [-0.3, -0.25) is 29.8 Å². The number of carbonyl (C=O) groups is 4. The van der Waals surface area contributed by atoms with Crippen LogP contribution in [0.1, 0.15) is 59.4 Å². The topological polar surface area (TPSA) is 128 Å². The Hall–Kier alpha value is -3.20. The summed E-state index contributed by atoms with van der Waals surface area (Å²) in [5.41, 5.74) is 4.99. The highest BCUT2D eigenvalue weighted by molar-refractivity contribution is 5.91. The molecule has 0 fully saturated rings. The maximum absolute atomic E-state index is 13.6. The fraction of sp³-hybridized carbons (Fsp3) is 0.520. The molecule has 0 spiro atoms. The molecule has 0 saturated carbocycles. The van der Waals surface area contributed by atoms with Crippen LogP contribution in [0.15, 0.2) is 36.4 Å². The summed E-state index contributed by atoms with van der Waals surface area (Å²) in [7, 11) is 0. The first-order chi connectivity index (χ1) is 16.0. The van der Waals surface area contributed by atoms with E-state index < -0.39 is 35.6 Å². The van der Waals surface area contributed by atoms with Crippen LogP contribution in [0.25, 0.3) is 6.08 Å². The van der Waals surface area contributed by atoms with Gasteiger partial charge in [-0.2, -0.15) is 0 Å². The van der Waals surface area contributed by atoms with Crippen molar-refractivity contribution in [3.63, 3.8) is 0 Å². The van der Waals surface area contributed by atoms with Crippen LogP contribution in [0.2, 0.25) is 0 Å². The lowest BCUT2D eigenvalue weighted by Gasteiger charge is -2.33. The van der Waals surface area contributed by atoms with E-state index in [0.29, 0.717) is 12.8 Å². The minimum Gasteiger partial charge on any atom is -0.347 e. The second-order valence-corrected chi connectivity index (χ2v) is 9.15. The molecule has 0 saturated heterocycles. The van der Waals surface area contributed by atoms with E-state index >= 15 is 0 Å². The van der Waals surface area contributed by atoms with E-state index in [2.05, 4.69) is 10.7 Å². The maximum atomic E-state index is 13.6. The third-order valence-corrected chi connectivity index (χ3v) is 5.04. The lowest BCUT2D eigenvalue weighted by molar-refractivity contribution is -0.155. The minimum absolute atomic E-state index is 0.0452. The Morgan fingerprint density at radius 2 is 1.59 bits per heavy atom. The van der Waals surface area contributed by atoms with Crippen molar-refractivity contribution >= 4 is 29.7 Å². The maximum Gasteiger partial charge on any atom is 0.268 e. The third-order valence-electron chi connectivity index (χ3n) is 5.04. The van der Waals surface area contributed by atoms with E-state index in [4.69, 9.17) is 0 Å². The van der Waals surface area contributed by atoms with Gasteiger partial charge in [0.05, 0.1) is 6.54 Å². The van der Waals surface area contributed by atoms with Gasteiger partial charge < -0.3 is 5.32 Å². The number of rotatable bonds is 12. The van der Waals surface area contributed by atoms with Crippen molar-refractivity contribution in [2.75, 3.05) is 6.54 Å². The van der Waals surface area contributed by atoms with E-state index in [-0.39, 0.29) is 24.8 Å². The normalized spacial score (nSPS) is 12.1. The highest BCUT2D eigenvalue weighted by atomic mass is 16.5. The largest absolute Gasteiger partial charge is 0.347 e. The standard InChI is InChI=1S/C25H38N4O5/c1-17(2)14-21(15-18(3)4)25(33)29(27-23(31)16-26-19(5)30)22(24(32)28-34)13-9-12-20-10-7-6-8-11-20/h6-12,17-18,21-22,34H,13-16H2,1-5H3,(H,26,30)(H,27,31)(H,28,32)/t22-/m0/s1. The van der Waals surface area contributed by atoms with E-state index in [1.165, 1.54) is 6.92 Å². The van der Waals surface area contributed by atoms with E-state index in [9.17, 15) is 24.4 Å². The number of hydrogen-bond acceptors (Lipinski definition) is 5. The number of hydrazine groups is 1. The van der Waals surface area contributed by atoms with Crippen LogP contribution in [0.3, 0.4) is 0 Å². The molecule has 9 nitrogen and oxygen atoms in total. The van der Waals surface area contributed by atoms with E-state index in [0.717, 1.165) is 10.6 Å². The Kier molecular flexibility index (Phi) is 12.6. The molecule has 0 radical (unpaired) electrons. The van der Waals surface area contributed by atoms with Crippen molar-refractivity contribution in [2.24, 2.45) is 17.8 Å². The van der Waals surface area contributed by atoms with Gasteiger partial charge in [-0.25, -0.2) is 10.5 Å². The van der Waals surface area contributed by atoms with Crippen molar-refractivity contribution in [3.05, 3.63) is 42.0 Å². The molecule has 188 valence electrons. The molecule has 4 N–H and O–H groups in total. The average molecular weight is 475 g/mol. The van der Waals surface area contributed by atoms with Crippen LogP contribution in [0.5, 0.6) is 0 Å². The number of benzene rings is 1. The Balaban J connectivity index is 3.27. The van der Waals surface area contributed by atoms with Gasteiger partial charge in [0, 0.05) is 12.8 Å². The Labute approximate surface area is 201 Å². The van der Waals surface area contributed by atoms with Crippen LogP contribution in [-0.2, 0) is 19.2 Å². The molecule has 4 amide bonds. The quantitative estimate of drug-likeness (QED) is 0.274. The van der Waals surface area contributed by atoms with Crippen molar-refractivity contribution in [2.45, 2.75) is 59.9 Å². The first-order valence-corrected chi connectivity index (χ1v) is 11.6. The lowest BCUT2D eigenvalue weighted by Crippen LogP contribution is -2.59. The molecule has 1 atom stereocenters. The fourth-order valence-corrected chi connectivity index (χ4v) is 3.60. The molecule has 1 rings (SSSR count). The van der Waals surface area contributed by atoms with Crippen molar-refractivity contribution in [1.29, 1.82) is 0 Å². The molecule has 0 heterocycles. The van der Waals surface area contributed by atoms with E-state index in [1.54, 1.807) is 17.6 Å². The van der Waals surface area contributed by atoms with Crippen LogP contribution in [0, 0.1) is 17.8 Å². The van der Waals surface area contributed by atoms with Gasteiger partial charge in [0.15, 0.2) is 0 Å². The zero-order chi connectivity index (χ0) is 25.7. The minimum atomic E-state index is -1.19. The molecule has 0 aromatic heterocycles. The van der Waals surface area contributed by atoms with Gasteiger partial charge in [0.2, 0.25) is 11.8 Å². The number of carbonyl (C=O) groups excluding carboxylic acids is 4. The van der Waals surface area contributed by atoms with Gasteiger partial charge in [-0.15, -0.1) is 0 Å². The summed E-state index contributed by atoms with van der Waals surface area (Å²) in [5, 5.41) is 12.7. The van der Waals surface area contributed by atoms with Crippen molar-refractivity contribution < 1.29 is 24.4 Å². The highest BCUT2D eigenvalue weighted by Crippen LogP contribution is 2.23. The highest BCUT2D eigenvalue weighted by Gasteiger charge is 2.35. The summed E-state index contributed by atoms with van der Waals surface area (Å²) in [6.45, 7) is 8.92. The predicted molar refractivity (Wildman–Crippen MR) is 130 cm³/mol. The molecule has 0 unspecified atom stereocenters. The summed E-state index contributed by atoms with van der Waals surface area (Å²) in [5.74, 6) is -2.31. The number of amides is 4. The second-order valence-electron chi connectivity index (χ2n) is 9.15. The van der Waals surface area contributed by atoms with Gasteiger partial charge >= 0.3 is 0 Å². The van der Waals surface area contributed by atoms with Crippen LogP contribution >= 0.6 is 0 Å². The summed E-state index contributed by atoms with van der Waals surface area (Å²) in [6, 6.07) is 8.21. The number of nitrogens with zero attached hydrogens (tertiary/aromatic N) is 1. The Bertz CT molecular complexity index is 829. The average Bonchev–Trinajstić information content (AvgIpc) is 2.78. The molecule has 34 heavy (non-hydrogen) atoms. The molecule has 0 aliphatic rings. The molecular weight excluding hydrogens is 436 g/mol. The summed E-state index contributed by atoms with van der Waals surface area (Å²) in [4.78, 5) is 49.9. The SMILES string of the molecule is CC(=O)NCC(=O)NN(C(=O)C(CC(C)C)CC(C)C)[C@@H](CC=Cc1ccccc1)C(=O)NO. The fourth-order valence-electron chi connectivity index (χ4n) is 3.60. The zero-order valence-electron chi connectivity index (χ0n) is 20.7. The molecule has 1 aromatic rings. The molecule has 0 aliphatic heterocycles. The van der Waals surface area contributed by atoms with Crippen LogP contribution < -0.4 is 16.2 Å². The monoisotopic (exact) mass is 474 g/mol. The summed E-state index contributed by atoms with van der Waals surface area (Å²) >= 11 is 0. The molecular formula is C25H38N4O5. The van der Waals surface area contributed by atoms with Gasteiger partial charge in [0.1, 0.15) is 6.04 Å². The predicted octanol–water partition coefficient (Wildman–Crippen LogP) is 2.67. The van der Waals surface area contributed by atoms with Crippen molar-refractivity contribution in [3.8, 4) is 0 Å². The molecule has 0 aliphatic carbocycles. The molecule has 1 aromatic carbocycles. The number of nitrogens with one attached hydrogen (secondary N) is 3. The third kappa shape index (κ3) is 10.6. The summed E-state index contributed by atoms with van der Waals surface area (Å²) < 4.78 is 0. The first-order valence-electron chi connectivity index (χ1n) is 11.6.